The van der Waals surface area contributed by atoms with E-state index in [1.807, 2.05) is 6.92 Å². The summed E-state index contributed by atoms with van der Waals surface area (Å²) in [5, 5.41) is 0.342. The molecule has 1 heterocycles. The standard InChI is InChI=1S/C12H13ClO4S/c1-8-2-3-10(13)11(6-8)17-12(14)9-4-5-18(15,16)7-9/h2-3,6,9H,4-5,7H2,1H3. The van der Waals surface area contributed by atoms with Crippen LogP contribution >= 0.6 is 11.6 Å². The largest absolute Gasteiger partial charge is 0.425 e. The third-order valence-corrected chi connectivity index (χ3v) is 4.94. The highest BCUT2D eigenvalue weighted by Crippen LogP contribution is 2.27. The molecule has 6 heteroatoms. The van der Waals surface area contributed by atoms with Crippen molar-refractivity contribution in [3.05, 3.63) is 28.8 Å². The summed E-state index contributed by atoms with van der Waals surface area (Å²) in [6.07, 6.45) is 0.324. The number of carbonyl (C=O) groups is 1. The van der Waals surface area contributed by atoms with Gasteiger partial charge in [0.2, 0.25) is 0 Å². The highest BCUT2D eigenvalue weighted by molar-refractivity contribution is 7.91. The van der Waals surface area contributed by atoms with E-state index in [4.69, 9.17) is 16.3 Å². The maximum absolute atomic E-state index is 11.8. The fourth-order valence-electron chi connectivity index (χ4n) is 1.86. The second kappa shape index (κ2) is 4.90. The first kappa shape index (κ1) is 13.4. The molecule has 18 heavy (non-hydrogen) atoms. The van der Waals surface area contributed by atoms with Crippen molar-refractivity contribution in [2.75, 3.05) is 11.5 Å². The maximum Gasteiger partial charge on any atom is 0.315 e. The Morgan fingerprint density at radius 3 is 2.78 bits per heavy atom. The summed E-state index contributed by atoms with van der Waals surface area (Å²) in [7, 11) is -3.08. The Kier molecular flexibility index (Phi) is 3.64. The number of benzene rings is 1. The van der Waals surface area contributed by atoms with Gasteiger partial charge in [-0.15, -0.1) is 0 Å². The maximum atomic E-state index is 11.8. The third-order valence-electron chi connectivity index (χ3n) is 2.86. The van der Waals surface area contributed by atoms with E-state index in [2.05, 4.69) is 0 Å². The number of carbonyl (C=O) groups excluding carboxylic acids is 1. The molecular formula is C12H13ClO4S. The Morgan fingerprint density at radius 2 is 2.17 bits per heavy atom. The smallest absolute Gasteiger partial charge is 0.315 e. The fourth-order valence-corrected chi connectivity index (χ4v) is 3.74. The summed E-state index contributed by atoms with van der Waals surface area (Å²) in [6.45, 7) is 1.85. The van der Waals surface area contributed by atoms with Gasteiger partial charge in [0.1, 0.15) is 5.75 Å². The summed E-state index contributed by atoms with van der Waals surface area (Å²) < 4.78 is 27.7. The molecule has 0 spiro atoms. The summed E-state index contributed by atoms with van der Waals surface area (Å²) in [5.41, 5.74) is 0.918. The Bertz CT molecular complexity index is 580. The molecule has 0 radical (unpaired) electrons. The van der Waals surface area contributed by atoms with Crippen LogP contribution in [0.1, 0.15) is 12.0 Å². The molecule has 0 aromatic heterocycles. The van der Waals surface area contributed by atoms with Crippen LogP contribution in [0.15, 0.2) is 18.2 Å². The lowest BCUT2D eigenvalue weighted by Gasteiger charge is -2.10. The molecule has 1 unspecified atom stereocenters. The van der Waals surface area contributed by atoms with Crippen LogP contribution < -0.4 is 4.74 Å². The average molecular weight is 289 g/mol. The summed E-state index contributed by atoms with van der Waals surface area (Å²) in [6, 6.07) is 5.11. The van der Waals surface area contributed by atoms with Crippen molar-refractivity contribution in [1.29, 1.82) is 0 Å². The van der Waals surface area contributed by atoms with Crippen LogP contribution in [0.3, 0.4) is 0 Å². The first-order valence-corrected chi connectivity index (χ1v) is 7.75. The number of ether oxygens (including phenoxy) is 1. The predicted octanol–water partition coefficient (Wildman–Crippen LogP) is 1.99. The van der Waals surface area contributed by atoms with Gasteiger partial charge in [-0.1, -0.05) is 17.7 Å². The highest BCUT2D eigenvalue weighted by atomic mass is 35.5. The molecule has 1 fully saturated rings. The molecule has 1 aromatic carbocycles. The molecule has 4 nitrogen and oxygen atoms in total. The SMILES string of the molecule is Cc1ccc(Cl)c(OC(=O)C2CCS(=O)(=O)C2)c1. The topological polar surface area (TPSA) is 60.4 Å². The lowest BCUT2D eigenvalue weighted by atomic mass is 10.1. The number of rotatable bonds is 2. The lowest BCUT2D eigenvalue weighted by Crippen LogP contribution is -2.21. The zero-order chi connectivity index (χ0) is 13.3. The molecule has 1 aliphatic rings. The minimum atomic E-state index is -3.08. The van der Waals surface area contributed by atoms with Gasteiger partial charge >= 0.3 is 5.97 Å². The Labute approximate surface area is 111 Å². The third kappa shape index (κ3) is 3.03. The van der Waals surface area contributed by atoms with E-state index in [0.717, 1.165) is 5.56 Å². The van der Waals surface area contributed by atoms with E-state index in [-0.39, 0.29) is 17.3 Å². The van der Waals surface area contributed by atoms with Gasteiger partial charge in [0, 0.05) is 0 Å². The minimum absolute atomic E-state index is 0.0499. The number of esters is 1. The first-order chi connectivity index (χ1) is 8.37. The quantitative estimate of drug-likeness (QED) is 0.617. The molecule has 0 saturated carbocycles. The molecule has 0 amide bonds. The van der Waals surface area contributed by atoms with Crippen molar-refractivity contribution < 1.29 is 17.9 Å². The molecule has 1 aliphatic heterocycles. The normalized spacial score (nSPS) is 21.8. The second-order valence-electron chi connectivity index (χ2n) is 4.45. The number of hydrogen-bond donors (Lipinski definition) is 0. The number of halogens is 1. The fraction of sp³-hybridized carbons (Fsp3) is 0.417. The van der Waals surface area contributed by atoms with E-state index < -0.39 is 21.7 Å². The van der Waals surface area contributed by atoms with Gasteiger partial charge in [-0.25, -0.2) is 8.42 Å². The average Bonchev–Trinajstić information content (AvgIpc) is 2.64. The van der Waals surface area contributed by atoms with Crippen molar-refractivity contribution in [3.63, 3.8) is 0 Å². The number of aryl methyl sites for hydroxylation is 1. The van der Waals surface area contributed by atoms with Crippen LogP contribution in [0.25, 0.3) is 0 Å². The van der Waals surface area contributed by atoms with Gasteiger partial charge in [-0.05, 0) is 31.0 Å². The molecule has 0 N–H and O–H groups in total. The van der Waals surface area contributed by atoms with E-state index in [0.29, 0.717) is 11.4 Å². The number of sulfone groups is 1. The minimum Gasteiger partial charge on any atom is -0.425 e. The zero-order valence-corrected chi connectivity index (χ0v) is 11.4. The van der Waals surface area contributed by atoms with Gasteiger partial charge in [0.25, 0.3) is 0 Å². The van der Waals surface area contributed by atoms with Crippen molar-refractivity contribution >= 4 is 27.4 Å². The van der Waals surface area contributed by atoms with Crippen LogP contribution in [-0.2, 0) is 14.6 Å². The Hall–Kier alpha value is -1.07. The summed E-state index contributed by atoms with van der Waals surface area (Å²) in [4.78, 5) is 11.8. The van der Waals surface area contributed by atoms with Gasteiger partial charge < -0.3 is 4.74 Å². The van der Waals surface area contributed by atoms with Crippen LogP contribution in [0.5, 0.6) is 5.75 Å². The van der Waals surface area contributed by atoms with Gasteiger partial charge in [-0.3, -0.25) is 4.79 Å². The van der Waals surface area contributed by atoms with Crippen molar-refractivity contribution in [1.82, 2.24) is 0 Å². The highest BCUT2D eigenvalue weighted by Gasteiger charge is 2.34. The van der Waals surface area contributed by atoms with E-state index in [9.17, 15) is 13.2 Å². The van der Waals surface area contributed by atoms with E-state index in [1.165, 1.54) is 0 Å². The zero-order valence-electron chi connectivity index (χ0n) is 9.85. The molecule has 0 bridgehead atoms. The van der Waals surface area contributed by atoms with Crippen molar-refractivity contribution in [2.24, 2.45) is 5.92 Å². The van der Waals surface area contributed by atoms with Crippen LogP contribution in [0.4, 0.5) is 0 Å². The molecule has 2 rings (SSSR count). The molecular weight excluding hydrogens is 276 g/mol. The molecule has 0 aliphatic carbocycles. The summed E-state index contributed by atoms with van der Waals surface area (Å²) in [5.74, 6) is -0.898. The van der Waals surface area contributed by atoms with E-state index >= 15 is 0 Å². The molecule has 1 atom stereocenters. The first-order valence-electron chi connectivity index (χ1n) is 5.56. The lowest BCUT2D eigenvalue weighted by molar-refractivity contribution is -0.138. The monoisotopic (exact) mass is 288 g/mol. The molecule has 1 aromatic rings. The summed E-state index contributed by atoms with van der Waals surface area (Å²) >= 11 is 5.91. The van der Waals surface area contributed by atoms with Crippen LogP contribution in [0.2, 0.25) is 5.02 Å². The van der Waals surface area contributed by atoms with Crippen LogP contribution in [0, 0.1) is 12.8 Å². The van der Waals surface area contributed by atoms with E-state index in [1.54, 1.807) is 18.2 Å². The van der Waals surface area contributed by atoms with Gasteiger partial charge in [-0.2, -0.15) is 0 Å². The predicted molar refractivity (Wildman–Crippen MR) is 68.6 cm³/mol. The Balaban J connectivity index is 2.10. The van der Waals surface area contributed by atoms with Gasteiger partial charge in [0.05, 0.1) is 22.4 Å². The van der Waals surface area contributed by atoms with Gasteiger partial charge in [0.15, 0.2) is 9.84 Å². The Morgan fingerprint density at radius 1 is 1.44 bits per heavy atom. The second-order valence-corrected chi connectivity index (χ2v) is 7.09. The van der Waals surface area contributed by atoms with Crippen molar-refractivity contribution in [2.45, 2.75) is 13.3 Å². The molecule has 1 saturated heterocycles. The van der Waals surface area contributed by atoms with Crippen LogP contribution in [-0.4, -0.2) is 25.9 Å². The molecule has 98 valence electrons. The van der Waals surface area contributed by atoms with Crippen molar-refractivity contribution in [3.8, 4) is 5.75 Å². The number of hydrogen-bond acceptors (Lipinski definition) is 4.